The smallest absolute Gasteiger partial charge is 0.0282 e. The summed E-state index contributed by atoms with van der Waals surface area (Å²) in [6.45, 7) is 10.8. The fourth-order valence-corrected chi connectivity index (χ4v) is 1.75. The number of rotatable bonds is 4. The van der Waals surface area contributed by atoms with Crippen LogP contribution in [0.1, 0.15) is 40.0 Å². The van der Waals surface area contributed by atoms with E-state index in [2.05, 4.69) is 32.6 Å². The van der Waals surface area contributed by atoms with E-state index >= 15 is 0 Å². The van der Waals surface area contributed by atoms with E-state index in [0.29, 0.717) is 5.41 Å². The molecule has 0 heterocycles. The Morgan fingerprint density at radius 3 is 2.58 bits per heavy atom. The third kappa shape index (κ3) is 2.51. The Morgan fingerprint density at radius 1 is 1.58 bits per heavy atom. The molecule has 1 saturated carbocycles. The van der Waals surface area contributed by atoms with Gasteiger partial charge in [-0.25, -0.2) is 0 Å². The molecule has 0 saturated heterocycles. The number of hydrogen-bond donors (Lipinski definition) is 0. The largest absolute Gasteiger partial charge is 0.0958 e. The molecule has 0 aliphatic heterocycles. The van der Waals surface area contributed by atoms with Crippen LogP contribution in [0.25, 0.3) is 0 Å². The number of hydrogen-bond acceptors (Lipinski definition) is 0. The molecule has 1 fully saturated rings. The highest BCUT2D eigenvalue weighted by atomic mass is 14.5. The summed E-state index contributed by atoms with van der Waals surface area (Å²) in [5.74, 6) is 0.958. The van der Waals surface area contributed by atoms with Crippen molar-refractivity contribution in [1.29, 1.82) is 0 Å². The van der Waals surface area contributed by atoms with Crippen LogP contribution in [-0.2, 0) is 0 Å². The van der Waals surface area contributed by atoms with Gasteiger partial charge in [-0.2, -0.15) is 0 Å². The molecule has 68 valence electrons. The van der Waals surface area contributed by atoms with Crippen molar-refractivity contribution in [2.24, 2.45) is 11.3 Å². The van der Waals surface area contributed by atoms with Crippen molar-refractivity contribution in [3.63, 3.8) is 0 Å². The molecule has 1 unspecified atom stereocenters. The van der Waals surface area contributed by atoms with E-state index in [1.165, 1.54) is 24.8 Å². The topological polar surface area (TPSA) is 0 Å². The van der Waals surface area contributed by atoms with E-state index in [-0.39, 0.29) is 0 Å². The standard InChI is InChI=1S/C12H20/c1-5-6-10(2)7-8-11-9-12(11,3)4/h5-6,11H,2,7-9H2,1,3-4H3/b6-5+. The van der Waals surface area contributed by atoms with Crippen LogP contribution in [0, 0.1) is 11.3 Å². The Morgan fingerprint density at radius 2 is 2.17 bits per heavy atom. The summed E-state index contributed by atoms with van der Waals surface area (Å²) >= 11 is 0. The molecule has 0 aromatic rings. The van der Waals surface area contributed by atoms with E-state index in [9.17, 15) is 0 Å². The van der Waals surface area contributed by atoms with Gasteiger partial charge in [0.2, 0.25) is 0 Å². The highest BCUT2D eigenvalue weighted by Gasteiger charge is 2.44. The molecule has 1 aliphatic carbocycles. The Hall–Kier alpha value is -0.520. The SMILES string of the molecule is C=C(/C=C/C)CCC1CC1(C)C. The van der Waals surface area contributed by atoms with E-state index in [4.69, 9.17) is 0 Å². The molecular weight excluding hydrogens is 144 g/mol. The molecule has 0 aromatic carbocycles. The zero-order valence-electron chi connectivity index (χ0n) is 8.56. The van der Waals surface area contributed by atoms with Crippen LogP contribution in [-0.4, -0.2) is 0 Å². The van der Waals surface area contributed by atoms with Gasteiger partial charge >= 0.3 is 0 Å². The van der Waals surface area contributed by atoms with E-state index in [0.717, 1.165) is 5.92 Å². The third-order valence-corrected chi connectivity index (χ3v) is 2.93. The molecule has 0 heteroatoms. The van der Waals surface area contributed by atoms with Gasteiger partial charge < -0.3 is 0 Å². The highest BCUT2D eigenvalue weighted by molar-refractivity contribution is 5.14. The van der Waals surface area contributed by atoms with Gasteiger partial charge in [-0.15, -0.1) is 0 Å². The summed E-state index contributed by atoms with van der Waals surface area (Å²) in [5, 5.41) is 0. The lowest BCUT2D eigenvalue weighted by molar-refractivity contribution is 0.534. The Bertz CT molecular complexity index is 196. The second-order valence-electron chi connectivity index (χ2n) is 4.59. The van der Waals surface area contributed by atoms with Crippen LogP contribution in [0.15, 0.2) is 24.3 Å². The molecule has 0 aromatic heterocycles. The summed E-state index contributed by atoms with van der Waals surface area (Å²) in [4.78, 5) is 0. The van der Waals surface area contributed by atoms with Crippen LogP contribution in [0.5, 0.6) is 0 Å². The molecule has 0 spiro atoms. The lowest BCUT2D eigenvalue weighted by atomic mass is 10.0. The van der Waals surface area contributed by atoms with E-state index < -0.39 is 0 Å². The maximum absolute atomic E-state index is 4.01. The van der Waals surface area contributed by atoms with Crippen molar-refractivity contribution in [1.82, 2.24) is 0 Å². The quantitative estimate of drug-likeness (QED) is 0.552. The minimum atomic E-state index is 0.635. The molecule has 0 radical (unpaired) electrons. The first-order valence-electron chi connectivity index (χ1n) is 4.87. The minimum absolute atomic E-state index is 0.635. The first-order valence-corrected chi connectivity index (χ1v) is 4.87. The monoisotopic (exact) mass is 164 g/mol. The Labute approximate surface area is 76.4 Å². The zero-order valence-corrected chi connectivity index (χ0v) is 8.56. The van der Waals surface area contributed by atoms with Gasteiger partial charge in [0, 0.05) is 0 Å². The Kier molecular flexibility index (Phi) is 2.76. The van der Waals surface area contributed by atoms with Crippen molar-refractivity contribution < 1.29 is 0 Å². The molecular formula is C12H20. The average Bonchev–Trinajstić information content (AvgIpc) is 2.56. The molecule has 0 bridgehead atoms. The van der Waals surface area contributed by atoms with Crippen molar-refractivity contribution in [3.8, 4) is 0 Å². The highest BCUT2D eigenvalue weighted by Crippen LogP contribution is 2.54. The number of allylic oxidation sites excluding steroid dienone is 3. The van der Waals surface area contributed by atoms with Gasteiger partial charge in [-0.05, 0) is 37.5 Å². The summed E-state index contributed by atoms with van der Waals surface area (Å²) < 4.78 is 0. The van der Waals surface area contributed by atoms with Crippen molar-refractivity contribution >= 4 is 0 Å². The first-order chi connectivity index (χ1) is 5.56. The molecule has 1 atom stereocenters. The summed E-state index contributed by atoms with van der Waals surface area (Å²) in [7, 11) is 0. The van der Waals surface area contributed by atoms with Gasteiger partial charge in [0.15, 0.2) is 0 Å². The summed E-state index contributed by atoms with van der Waals surface area (Å²) in [6, 6.07) is 0. The fraction of sp³-hybridized carbons (Fsp3) is 0.667. The third-order valence-electron chi connectivity index (χ3n) is 2.93. The van der Waals surface area contributed by atoms with Crippen LogP contribution in [0.4, 0.5) is 0 Å². The molecule has 0 N–H and O–H groups in total. The van der Waals surface area contributed by atoms with E-state index in [1.807, 2.05) is 6.92 Å². The molecule has 0 amide bonds. The second-order valence-corrected chi connectivity index (χ2v) is 4.59. The van der Waals surface area contributed by atoms with Gasteiger partial charge in [0.25, 0.3) is 0 Å². The molecule has 12 heavy (non-hydrogen) atoms. The van der Waals surface area contributed by atoms with Crippen molar-refractivity contribution in [2.45, 2.75) is 40.0 Å². The van der Waals surface area contributed by atoms with E-state index in [1.54, 1.807) is 0 Å². The fourth-order valence-electron chi connectivity index (χ4n) is 1.75. The van der Waals surface area contributed by atoms with Crippen LogP contribution in [0.2, 0.25) is 0 Å². The zero-order chi connectivity index (χ0) is 9.19. The first kappa shape index (κ1) is 9.57. The summed E-state index contributed by atoms with van der Waals surface area (Å²) in [5.41, 5.74) is 1.91. The van der Waals surface area contributed by atoms with Gasteiger partial charge in [0.1, 0.15) is 0 Å². The lowest BCUT2D eigenvalue weighted by Crippen LogP contribution is -1.90. The lowest BCUT2D eigenvalue weighted by Gasteiger charge is -2.02. The maximum Gasteiger partial charge on any atom is -0.0282 e. The maximum atomic E-state index is 4.01. The van der Waals surface area contributed by atoms with Crippen molar-refractivity contribution in [2.75, 3.05) is 0 Å². The van der Waals surface area contributed by atoms with Gasteiger partial charge in [-0.1, -0.05) is 38.2 Å². The van der Waals surface area contributed by atoms with Crippen LogP contribution >= 0.6 is 0 Å². The molecule has 1 rings (SSSR count). The van der Waals surface area contributed by atoms with Gasteiger partial charge in [0.05, 0.1) is 0 Å². The Balaban J connectivity index is 2.16. The average molecular weight is 164 g/mol. The predicted octanol–water partition coefficient (Wildman–Crippen LogP) is 3.95. The second kappa shape index (κ2) is 3.47. The van der Waals surface area contributed by atoms with Crippen molar-refractivity contribution in [3.05, 3.63) is 24.3 Å². The van der Waals surface area contributed by atoms with Crippen LogP contribution < -0.4 is 0 Å². The predicted molar refractivity (Wildman–Crippen MR) is 55.1 cm³/mol. The molecule has 1 aliphatic rings. The minimum Gasteiger partial charge on any atom is -0.0958 e. The summed E-state index contributed by atoms with van der Waals surface area (Å²) in [6.07, 6.45) is 8.11. The normalized spacial score (nSPS) is 26.1. The van der Waals surface area contributed by atoms with Gasteiger partial charge in [-0.3, -0.25) is 0 Å². The molecule has 0 nitrogen and oxygen atoms in total. The van der Waals surface area contributed by atoms with Crippen LogP contribution in [0.3, 0.4) is 0 Å².